The number of Topliss-reactive ketones (excluding diaryl/α,β-unsaturated/α-hetero) is 1. The molecule has 3 rings (SSSR count). The number of aliphatic hydroxyl groups is 2. The summed E-state index contributed by atoms with van der Waals surface area (Å²) in [5, 5.41) is 18.7. The minimum Gasteiger partial charge on any atom is -0.489 e. The summed E-state index contributed by atoms with van der Waals surface area (Å²) >= 11 is 0. The van der Waals surface area contributed by atoms with Gasteiger partial charge >= 0.3 is 0 Å². The van der Waals surface area contributed by atoms with Crippen LogP contribution >= 0.6 is 0 Å². The number of nitrogens with two attached hydrogens (primary N) is 1. The second-order valence-electron chi connectivity index (χ2n) is 8.12. The summed E-state index contributed by atoms with van der Waals surface area (Å²) < 4.78 is 7.66. The number of amides is 1. The van der Waals surface area contributed by atoms with Crippen LogP contribution in [-0.4, -0.2) is 45.8 Å². The van der Waals surface area contributed by atoms with Gasteiger partial charge in [-0.3, -0.25) is 9.59 Å². The monoisotopic (exact) mass is 386 g/mol. The molecule has 1 unspecified atom stereocenters. The first-order valence-corrected chi connectivity index (χ1v) is 9.23. The quantitative estimate of drug-likeness (QED) is 0.700. The number of benzene rings is 1. The Morgan fingerprint density at radius 1 is 1.32 bits per heavy atom. The molecule has 1 atom stereocenters. The van der Waals surface area contributed by atoms with E-state index in [1.807, 2.05) is 17.6 Å². The van der Waals surface area contributed by atoms with Crippen molar-refractivity contribution in [2.45, 2.75) is 39.7 Å². The van der Waals surface area contributed by atoms with E-state index in [-0.39, 0.29) is 23.4 Å². The molecule has 150 valence electrons. The number of ether oxygens (including phenoxy) is 1. The molecule has 4 N–H and O–H groups in total. The molecule has 0 fully saturated rings. The number of aryl methyl sites for hydroxylation is 1. The maximum absolute atomic E-state index is 12.6. The second kappa shape index (κ2) is 7.41. The first kappa shape index (κ1) is 20.1. The van der Waals surface area contributed by atoms with Crippen LogP contribution in [0.25, 0.3) is 5.69 Å². The lowest BCUT2D eigenvalue weighted by Crippen LogP contribution is -2.28. The summed E-state index contributed by atoms with van der Waals surface area (Å²) in [6.07, 6.45) is 0.166. The maximum Gasteiger partial charge on any atom is 0.248 e. The molecule has 0 radical (unpaired) electrons. The minimum atomic E-state index is -1.05. The molecule has 0 bridgehead atoms. The molecule has 1 aliphatic rings. The van der Waals surface area contributed by atoms with Crippen molar-refractivity contribution < 1.29 is 24.5 Å². The van der Waals surface area contributed by atoms with E-state index < -0.39 is 18.6 Å². The molecule has 2 aromatic rings. The molecular formula is C21H26N2O5. The van der Waals surface area contributed by atoms with Gasteiger partial charge in [-0.05, 0) is 43.0 Å². The Balaban J connectivity index is 2.13. The number of ketones is 1. The Bertz CT molecular complexity index is 929. The summed E-state index contributed by atoms with van der Waals surface area (Å²) in [6, 6.07) is 6.72. The average Bonchev–Trinajstić information content (AvgIpc) is 2.94. The predicted molar refractivity (Wildman–Crippen MR) is 104 cm³/mol. The van der Waals surface area contributed by atoms with Crippen molar-refractivity contribution in [3.63, 3.8) is 0 Å². The Morgan fingerprint density at radius 3 is 2.68 bits per heavy atom. The Hall–Kier alpha value is -2.64. The number of aromatic nitrogens is 1. The van der Waals surface area contributed by atoms with Crippen LogP contribution in [0.4, 0.5) is 0 Å². The molecule has 1 aliphatic carbocycles. The van der Waals surface area contributed by atoms with Crippen LogP contribution in [0.5, 0.6) is 5.75 Å². The molecule has 0 saturated carbocycles. The highest BCUT2D eigenvalue weighted by atomic mass is 16.5. The molecule has 1 aromatic heterocycles. The standard InChI is InChI=1S/C21H26N2O5/c1-12-6-15-17(8-21(2,3)9-18(15)26)23(12)16-5-4-13(20(22)27)7-19(16)28-11-14(25)10-24/h4-7,14,24-25H,8-11H2,1-3H3,(H2,22,27). The van der Waals surface area contributed by atoms with Gasteiger partial charge in [0.15, 0.2) is 5.78 Å². The van der Waals surface area contributed by atoms with E-state index in [2.05, 4.69) is 13.8 Å². The van der Waals surface area contributed by atoms with Crippen LogP contribution in [-0.2, 0) is 6.42 Å². The number of hydrogen-bond donors (Lipinski definition) is 3. The highest BCUT2D eigenvalue weighted by Gasteiger charge is 2.34. The maximum atomic E-state index is 12.6. The highest BCUT2D eigenvalue weighted by Crippen LogP contribution is 2.39. The van der Waals surface area contributed by atoms with Crippen molar-refractivity contribution in [1.29, 1.82) is 0 Å². The van der Waals surface area contributed by atoms with Gasteiger partial charge in [0.2, 0.25) is 5.91 Å². The Labute approximate surface area is 163 Å². The largest absolute Gasteiger partial charge is 0.489 e. The van der Waals surface area contributed by atoms with Gasteiger partial charge in [-0.1, -0.05) is 13.8 Å². The van der Waals surface area contributed by atoms with Crippen molar-refractivity contribution >= 4 is 11.7 Å². The van der Waals surface area contributed by atoms with E-state index in [0.717, 1.165) is 17.8 Å². The van der Waals surface area contributed by atoms with Crippen LogP contribution in [0.1, 0.15) is 52.4 Å². The van der Waals surface area contributed by atoms with Gasteiger partial charge in [0.05, 0.1) is 12.3 Å². The van der Waals surface area contributed by atoms with Crippen molar-refractivity contribution in [1.82, 2.24) is 4.57 Å². The van der Waals surface area contributed by atoms with E-state index in [1.54, 1.807) is 12.1 Å². The second-order valence-corrected chi connectivity index (χ2v) is 8.12. The first-order chi connectivity index (χ1) is 13.1. The van der Waals surface area contributed by atoms with Gasteiger partial charge in [-0.2, -0.15) is 0 Å². The lowest BCUT2D eigenvalue weighted by molar-refractivity contribution is 0.0535. The molecule has 28 heavy (non-hydrogen) atoms. The molecule has 0 spiro atoms. The number of aliphatic hydroxyl groups excluding tert-OH is 2. The first-order valence-electron chi connectivity index (χ1n) is 9.23. The molecule has 7 heteroatoms. The third kappa shape index (κ3) is 3.81. The summed E-state index contributed by atoms with van der Waals surface area (Å²) in [4.78, 5) is 24.2. The normalized spacial score (nSPS) is 16.5. The van der Waals surface area contributed by atoms with Gasteiger partial charge in [-0.15, -0.1) is 0 Å². The fraction of sp³-hybridized carbons (Fsp3) is 0.429. The van der Waals surface area contributed by atoms with E-state index in [4.69, 9.17) is 15.6 Å². The fourth-order valence-electron chi connectivity index (χ4n) is 3.69. The lowest BCUT2D eigenvalue weighted by atomic mass is 9.76. The topological polar surface area (TPSA) is 115 Å². The molecule has 0 aliphatic heterocycles. The van der Waals surface area contributed by atoms with Crippen molar-refractivity contribution in [3.8, 4) is 11.4 Å². The van der Waals surface area contributed by atoms with Crippen LogP contribution in [0.3, 0.4) is 0 Å². The average molecular weight is 386 g/mol. The van der Waals surface area contributed by atoms with Crippen LogP contribution in [0.15, 0.2) is 24.3 Å². The summed E-state index contributed by atoms with van der Waals surface area (Å²) in [7, 11) is 0. The molecule has 1 amide bonds. The smallest absolute Gasteiger partial charge is 0.248 e. The Morgan fingerprint density at radius 2 is 2.04 bits per heavy atom. The van der Waals surface area contributed by atoms with Gasteiger partial charge in [0.1, 0.15) is 18.5 Å². The van der Waals surface area contributed by atoms with Gasteiger partial charge < -0.3 is 25.3 Å². The van der Waals surface area contributed by atoms with Crippen LogP contribution in [0, 0.1) is 12.3 Å². The summed E-state index contributed by atoms with van der Waals surface area (Å²) in [6.45, 7) is 5.45. The van der Waals surface area contributed by atoms with Crippen molar-refractivity contribution in [2.24, 2.45) is 11.1 Å². The SMILES string of the molecule is Cc1cc2c(n1-c1ccc(C(N)=O)cc1OCC(O)CO)CC(C)(C)CC2=O. The molecule has 0 saturated heterocycles. The zero-order valence-corrected chi connectivity index (χ0v) is 16.4. The molecule has 1 aromatic carbocycles. The third-order valence-corrected chi connectivity index (χ3v) is 5.00. The summed E-state index contributed by atoms with van der Waals surface area (Å²) in [5.74, 6) is -0.136. The lowest BCUT2D eigenvalue weighted by Gasteiger charge is -2.30. The highest BCUT2D eigenvalue weighted by molar-refractivity contribution is 5.99. The number of nitrogens with zero attached hydrogens (tertiary/aromatic N) is 1. The van der Waals surface area contributed by atoms with Crippen LogP contribution in [0.2, 0.25) is 0 Å². The van der Waals surface area contributed by atoms with Gasteiger partial charge in [-0.25, -0.2) is 0 Å². The van der Waals surface area contributed by atoms with Gasteiger partial charge in [0, 0.05) is 28.9 Å². The number of rotatable bonds is 6. The van der Waals surface area contributed by atoms with Crippen LogP contribution < -0.4 is 10.5 Å². The molecule has 1 heterocycles. The number of primary amides is 1. The van der Waals surface area contributed by atoms with E-state index in [1.165, 1.54) is 6.07 Å². The number of carbonyl (C=O) groups excluding carboxylic acids is 2. The van der Waals surface area contributed by atoms with Crippen molar-refractivity contribution in [2.75, 3.05) is 13.2 Å². The zero-order chi connectivity index (χ0) is 20.6. The summed E-state index contributed by atoms with van der Waals surface area (Å²) in [5.41, 5.74) is 8.63. The predicted octanol–water partition coefficient (Wildman–Crippen LogP) is 1.77. The zero-order valence-electron chi connectivity index (χ0n) is 16.4. The minimum absolute atomic E-state index is 0.111. The number of fused-ring (bicyclic) bond motifs is 1. The molecule has 7 nitrogen and oxygen atoms in total. The number of hydrogen-bond acceptors (Lipinski definition) is 5. The third-order valence-electron chi connectivity index (χ3n) is 5.00. The fourth-order valence-corrected chi connectivity index (χ4v) is 3.69. The van der Waals surface area contributed by atoms with Crippen molar-refractivity contribution in [3.05, 3.63) is 46.8 Å². The van der Waals surface area contributed by atoms with E-state index >= 15 is 0 Å². The molecular weight excluding hydrogens is 360 g/mol. The van der Waals surface area contributed by atoms with E-state index in [0.29, 0.717) is 23.4 Å². The Kier molecular flexibility index (Phi) is 5.32. The number of carbonyl (C=O) groups is 2. The van der Waals surface area contributed by atoms with E-state index in [9.17, 15) is 14.7 Å². The van der Waals surface area contributed by atoms with Gasteiger partial charge in [0.25, 0.3) is 0 Å².